The molecule has 1 aliphatic heterocycles. The van der Waals surface area contributed by atoms with Crippen LogP contribution in [0.2, 0.25) is 0 Å². The maximum Gasteiger partial charge on any atom is 0.168 e. The molecule has 140 valence electrons. The topological polar surface area (TPSA) is 55.6 Å². The number of unbranched alkanes of at least 4 members (excludes halogenated alkanes) is 1. The second-order valence-corrected chi connectivity index (χ2v) is 9.01. The lowest BCUT2D eigenvalue weighted by Gasteiger charge is -2.30. The molecule has 3 aromatic heterocycles. The average molecular weight is 374 g/mol. The smallest absolute Gasteiger partial charge is 0.168 e. The van der Waals surface area contributed by atoms with Gasteiger partial charge in [0.1, 0.15) is 10.7 Å². The van der Waals surface area contributed by atoms with E-state index in [0.29, 0.717) is 6.61 Å². The maximum absolute atomic E-state index is 5.99. The number of thiophene rings is 1. The zero-order valence-corrected chi connectivity index (χ0v) is 17.1. The summed E-state index contributed by atoms with van der Waals surface area (Å²) in [6.07, 6.45) is 3.29. The van der Waals surface area contributed by atoms with Gasteiger partial charge in [0.05, 0.1) is 24.1 Å². The summed E-state index contributed by atoms with van der Waals surface area (Å²) in [5.74, 6) is 1.76. The molecular formula is C19H27N5OS. The molecule has 0 saturated heterocycles. The van der Waals surface area contributed by atoms with Crippen LogP contribution in [0.1, 0.15) is 55.7 Å². The Bertz CT molecular complexity index is 958. The van der Waals surface area contributed by atoms with Gasteiger partial charge in [-0.2, -0.15) is 4.52 Å². The van der Waals surface area contributed by atoms with Crippen molar-refractivity contribution in [2.75, 3.05) is 13.6 Å². The van der Waals surface area contributed by atoms with E-state index in [2.05, 4.69) is 32.7 Å². The molecule has 7 heteroatoms. The first-order valence-electron chi connectivity index (χ1n) is 9.37. The lowest BCUT2D eigenvalue weighted by Crippen LogP contribution is -2.31. The van der Waals surface area contributed by atoms with Crippen molar-refractivity contribution in [1.82, 2.24) is 24.5 Å². The molecule has 6 nitrogen and oxygen atoms in total. The first kappa shape index (κ1) is 17.8. The number of fused-ring (bicyclic) bond motifs is 5. The number of rotatable bonds is 5. The number of aryl methyl sites for hydroxylation is 1. The minimum Gasteiger partial charge on any atom is -0.370 e. The molecule has 1 aliphatic rings. The van der Waals surface area contributed by atoms with E-state index in [4.69, 9.17) is 19.8 Å². The summed E-state index contributed by atoms with van der Waals surface area (Å²) in [4.78, 5) is 14.3. The molecule has 3 aromatic rings. The van der Waals surface area contributed by atoms with Gasteiger partial charge in [-0.3, -0.25) is 4.90 Å². The molecule has 0 N–H and O–H groups in total. The number of hydrogen-bond donors (Lipinski definition) is 0. The highest BCUT2D eigenvalue weighted by atomic mass is 32.1. The second-order valence-electron chi connectivity index (χ2n) is 7.92. The first-order valence-corrected chi connectivity index (χ1v) is 10.2. The Balaban J connectivity index is 1.80. The Morgan fingerprint density at radius 1 is 1.31 bits per heavy atom. The van der Waals surface area contributed by atoms with Gasteiger partial charge in [0, 0.05) is 11.3 Å². The Hall–Kier alpha value is -1.57. The molecule has 0 amide bonds. The zero-order chi connectivity index (χ0) is 18.5. The molecule has 0 spiro atoms. The van der Waals surface area contributed by atoms with Crippen molar-refractivity contribution in [3.8, 4) is 0 Å². The highest BCUT2D eigenvalue weighted by molar-refractivity contribution is 7.19. The van der Waals surface area contributed by atoms with Gasteiger partial charge in [-0.1, -0.05) is 13.3 Å². The minimum atomic E-state index is -0.147. The fraction of sp³-hybridized carbons (Fsp3) is 0.632. The third-order valence-electron chi connectivity index (χ3n) is 5.02. The van der Waals surface area contributed by atoms with Crippen molar-refractivity contribution < 1.29 is 4.74 Å². The van der Waals surface area contributed by atoms with Crippen LogP contribution in [0, 0.1) is 6.92 Å². The van der Waals surface area contributed by atoms with Crippen molar-refractivity contribution in [2.24, 2.45) is 0 Å². The molecule has 26 heavy (non-hydrogen) atoms. The van der Waals surface area contributed by atoms with Crippen LogP contribution in [-0.4, -0.2) is 43.7 Å². The Kier molecular flexibility index (Phi) is 4.49. The summed E-state index contributed by atoms with van der Waals surface area (Å²) in [6, 6.07) is 0. The predicted octanol–water partition coefficient (Wildman–Crippen LogP) is 3.73. The summed E-state index contributed by atoms with van der Waals surface area (Å²) < 4.78 is 7.91. The monoisotopic (exact) mass is 373 g/mol. The summed E-state index contributed by atoms with van der Waals surface area (Å²) in [5.41, 5.74) is 2.14. The van der Waals surface area contributed by atoms with Gasteiger partial charge in [-0.15, -0.1) is 16.4 Å². The lowest BCUT2D eigenvalue weighted by molar-refractivity contribution is -0.0379. The maximum atomic E-state index is 5.99. The molecular weight excluding hydrogens is 346 g/mol. The van der Waals surface area contributed by atoms with Gasteiger partial charge in [0.15, 0.2) is 11.5 Å². The first-order chi connectivity index (χ1) is 12.4. The number of ether oxygens (including phenoxy) is 1. The molecule has 4 heterocycles. The molecule has 0 atom stereocenters. The molecule has 0 bridgehead atoms. The van der Waals surface area contributed by atoms with Crippen molar-refractivity contribution in [1.29, 1.82) is 0 Å². The van der Waals surface area contributed by atoms with E-state index < -0.39 is 0 Å². The zero-order valence-electron chi connectivity index (χ0n) is 16.3. The van der Waals surface area contributed by atoms with Crippen LogP contribution in [0.25, 0.3) is 15.9 Å². The normalized spacial score (nSPS) is 16.7. The summed E-state index contributed by atoms with van der Waals surface area (Å²) in [7, 11) is 2.13. The van der Waals surface area contributed by atoms with E-state index in [1.54, 1.807) is 11.3 Å². The molecule has 0 saturated carbocycles. The quantitative estimate of drug-likeness (QED) is 0.682. The van der Waals surface area contributed by atoms with Crippen LogP contribution < -0.4 is 0 Å². The van der Waals surface area contributed by atoms with Crippen LogP contribution in [0.5, 0.6) is 0 Å². The molecule has 0 aromatic carbocycles. The summed E-state index contributed by atoms with van der Waals surface area (Å²) in [5, 5.41) is 5.92. The van der Waals surface area contributed by atoms with Gasteiger partial charge in [-0.05, 0) is 46.3 Å². The second kappa shape index (κ2) is 6.55. The highest BCUT2D eigenvalue weighted by Gasteiger charge is 2.31. The predicted molar refractivity (Wildman–Crippen MR) is 105 cm³/mol. The fourth-order valence-corrected chi connectivity index (χ4v) is 4.74. The Morgan fingerprint density at radius 3 is 2.88 bits per heavy atom. The van der Waals surface area contributed by atoms with Gasteiger partial charge in [0.25, 0.3) is 0 Å². The molecule has 0 fully saturated rings. The number of nitrogens with zero attached hydrogens (tertiary/aromatic N) is 5. The summed E-state index contributed by atoms with van der Waals surface area (Å²) in [6.45, 7) is 11.0. The van der Waals surface area contributed by atoms with Crippen molar-refractivity contribution in [2.45, 2.75) is 65.7 Å². The molecule has 0 unspecified atom stereocenters. The van der Waals surface area contributed by atoms with E-state index >= 15 is 0 Å². The van der Waals surface area contributed by atoms with Gasteiger partial charge < -0.3 is 4.74 Å². The molecule has 0 radical (unpaired) electrons. The van der Waals surface area contributed by atoms with Crippen molar-refractivity contribution >= 4 is 27.2 Å². The number of hydrogen-bond acceptors (Lipinski definition) is 6. The van der Waals surface area contributed by atoms with Crippen LogP contribution in [-0.2, 0) is 24.3 Å². The van der Waals surface area contributed by atoms with E-state index in [0.717, 1.165) is 41.6 Å². The van der Waals surface area contributed by atoms with Crippen LogP contribution in [0.4, 0.5) is 0 Å². The lowest BCUT2D eigenvalue weighted by atomic mass is 9.94. The minimum absolute atomic E-state index is 0.147. The SMILES string of the molecule is CCCCN(C)Cc1nc2c3c4c(sc3nc(C)n2n1)COC(C)(C)C4. The van der Waals surface area contributed by atoms with Crippen LogP contribution >= 0.6 is 11.3 Å². The Morgan fingerprint density at radius 2 is 2.12 bits per heavy atom. The van der Waals surface area contributed by atoms with Crippen LogP contribution in [0.15, 0.2) is 0 Å². The van der Waals surface area contributed by atoms with Crippen LogP contribution in [0.3, 0.4) is 0 Å². The third-order valence-corrected chi connectivity index (χ3v) is 6.12. The van der Waals surface area contributed by atoms with E-state index in [1.165, 1.54) is 28.7 Å². The third kappa shape index (κ3) is 3.12. The van der Waals surface area contributed by atoms with Gasteiger partial charge >= 0.3 is 0 Å². The van der Waals surface area contributed by atoms with Gasteiger partial charge in [0.2, 0.25) is 0 Å². The largest absolute Gasteiger partial charge is 0.370 e. The average Bonchev–Trinajstić information content (AvgIpc) is 3.13. The number of aromatic nitrogens is 4. The van der Waals surface area contributed by atoms with E-state index in [1.807, 2.05) is 11.4 Å². The van der Waals surface area contributed by atoms with E-state index in [-0.39, 0.29) is 5.60 Å². The van der Waals surface area contributed by atoms with Gasteiger partial charge in [-0.25, -0.2) is 9.97 Å². The van der Waals surface area contributed by atoms with Crippen molar-refractivity contribution in [3.63, 3.8) is 0 Å². The summed E-state index contributed by atoms with van der Waals surface area (Å²) >= 11 is 1.74. The molecule has 4 rings (SSSR count). The fourth-order valence-electron chi connectivity index (χ4n) is 3.60. The standard InChI is InChI=1S/C19H27N5OS/c1-6-7-8-23(5)10-15-21-17-16-13-9-19(3,4)25-11-14(13)26-18(16)20-12(2)24(17)22-15/h6-11H2,1-5H3. The highest BCUT2D eigenvalue weighted by Crippen LogP contribution is 2.39. The van der Waals surface area contributed by atoms with E-state index in [9.17, 15) is 0 Å². The molecule has 0 aliphatic carbocycles. The Labute approximate surface area is 158 Å². The van der Waals surface area contributed by atoms with Crippen molar-refractivity contribution in [3.05, 3.63) is 22.1 Å².